The molecule has 3 aromatic rings. The Kier molecular flexibility index (Phi) is 6.74. The number of aliphatic hydroxyl groups excluding tert-OH is 2. The standard InChI is InChI=1S/C24H27BrN2O5/c1-14(2)32-24(30)27-10-9-19-20-11-16(25)5-8-21(20)26-22(19)23(27)15-3-6-18(7-4-15)31-13-17(29)12-28/h3-8,11,14,17,23,26,28-29H,9-10,12-13H2,1-2H3. The lowest BCUT2D eigenvalue weighted by Crippen LogP contribution is -2.41. The first-order valence-corrected chi connectivity index (χ1v) is 11.5. The Morgan fingerprint density at radius 2 is 2.00 bits per heavy atom. The van der Waals surface area contributed by atoms with Crippen molar-refractivity contribution in [3.05, 3.63) is 63.8 Å². The number of nitrogens with zero attached hydrogens (tertiary/aromatic N) is 1. The van der Waals surface area contributed by atoms with Crippen molar-refractivity contribution >= 4 is 32.9 Å². The zero-order chi connectivity index (χ0) is 22.8. The van der Waals surface area contributed by atoms with Gasteiger partial charge in [-0.1, -0.05) is 28.1 Å². The first-order chi connectivity index (χ1) is 15.4. The van der Waals surface area contributed by atoms with Crippen LogP contribution in [0.15, 0.2) is 46.9 Å². The van der Waals surface area contributed by atoms with Gasteiger partial charge in [0, 0.05) is 27.6 Å². The van der Waals surface area contributed by atoms with Crippen molar-refractivity contribution in [2.75, 3.05) is 19.8 Å². The topological polar surface area (TPSA) is 95.0 Å². The molecular weight excluding hydrogens is 476 g/mol. The van der Waals surface area contributed by atoms with Crippen molar-refractivity contribution in [1.29, 1.82) is 0 Å². The van der Waals surface area contributed by atoms with Crippen LogP contribution in [0.4, 0.5) is 4.79 Å². The summed E-state index contributed by atoms with van der Waals surface area (Å²) in [6, 6.07) is 13.2. The second kappa shape index (κ2) is 9.52. The summed E-state index contributed by atoms with van der Waals surface area (Å²) >= 11 is 3.56. The van der Waals surface area contributed by atoms with Crippen molar-refractivity contribution in [1.82, 2.24) is 9.88 Å². The molecule has 0 spiro atoms. The van der Waals surface area contributed by atoms with Crippen LogP contribution in [0.25, 0.3) is 10.9 Å². The van der Waals surface area contributed by atoms with Gasteiger partial charge in [0.1, 0.15) is 24.5 Å². The number of aromatic amines is 1. The first kappa shape index (κ1) is 22.6. The summed E-state index contributed by atoms with van der Waals surface area (Å²) in [6.45, 7) is 3.88. The molecule has 32 heavy (non-hydrogen) atoms. The number of aliphatic hydroxyl groups is 2. The van der Waals surface area contributed by atoms with Gasteiger partial charge in [-0.3, -0.25) is 4.90 Å². The number of aromatic nitrogens is 1. The molecule has 0 radical (unpaired) electrons. The molecule has 2 heterocycles. The number of carbonyl (C=O) groups is 1. The SMILES string of the molecule is CC(C)OC(=O)N1CCc2c([nH]c3ccc(Br)cc23)C1c1ccc(OCC(O)CO)cc1. The Balaban J connectivity index is 1.71. The summed E-state index contributed by atoms with van der Waals surface area (Å²) in [5.74, 6) is 0.578. The molecule has 1 amide bonds. The van der Waals surface area contributed by atoms with Crippen LogP contribution in [0.2, 0.25) is 0 Å². The third-order valence-corrected chi connectivity index (χ3v) is 6.00. The largest absolute Gasteiger partial charge is 0.491 e. The highest BCUT2D eigenvalue weighted by Gasteiger charge is 2.35. The Labute approximate surface area is 195 Å². The van der Waals surface area contributed by atoms with Crippen LogP contribution in [0.5, 0.6) is 5.75 Å². The number of hydrogen-bond donors (Lipinski definition) is 3. The molecule has 1 aliphatic rings. The summed E-state index contributed by atoms with van der Waals surface area (Å²) < 4.78 is 12.1. The minimum atomic E-state index is -0.928. The number of hydrogen-bond acceptors (Lipinski definition) is 5. The van der Waals surface area contributed by atoms with Crippen LogP contribution >= 0.6 is 15.9 Å². The second-order valence-electron chi connectivity index (χ2n) is 8.20. The van der Waals surface area contributed by atoms with Gasteiger partial charge in [-0.2, -0.15) is 0 Å². The maximum absolute atomic E-state index is 13.0. The van der Waals surface area contributed by atoms with E-state index in [1.807, 2.05) is 38.1 Å². The quantitative estimate of drug-likeness (QED) is 0.470. The highest BCUT2D eigenvalue weighted by Crippen LogP contribution is 2.39. The van der Waals surface area contributed by atoms with E-state index in [9.17, 15) is 9.90 Å². The predicted molar refractivity (Wildman–Crippen MR) is 125 cm³/mol. The minimum Gasteiger partial charge on any atom is -0.491 e. The molecule has 2 aromatic carbocycles. The molecule has 0 saturated carbocycles. The average Bonchev–Trinajstić information content (AvgIpc) is 3.14. The minimum absolute atomic E-state index is 0.00710. The highest BCUT2D eigenvalue weighted by atomic mass is 79.9. The Bertz CT molecular complexity index is 1100. The number of fused-ring (bicyclic) bond motifs is 3. The lowest BCUT2D eigenvalue weighted by Gasteiger charge is -2.36. The van der Waals surface area contributed by atoms with E-state index in [4.69, 9.17) is 14.6 Å². The smallest absolute Gasteiger partial charge is 0.410 e. The van der Waals surface area contributed by atoms with Crippen LogP contribution in [0.1, 0.15) is 36.7 Å². The lowest BCUT2D eigenvalue weighted by molar-refractivity contribution is 0.0535. The van der Waals surface area contributed by atoms with Gasteiger partial charge >= 0.3 is 6.09 Å². The van der Waals surface area contributed by atoms with Gasteiger partial charge in [-0.25, -0.2) is 4.79 Å². The van der Waals surface area contributed by atoms with E-state index in [1.54, 1.807) is 17.0 Å². The van der Waals surface area contributed by atoms with Crippen LogP contribution < -0.4 is 4.74 Å². The Morgan fingerprint density at radius 1 is 1.25 bits per heavy atom. The number of ether oxygens (including phenoxy) is 2. The van der Waals surface area contributed by atoms with Crippen molar-refractivity contribution in [3.63, 3.8) is 0 Å². The molecule has 2 unspecified atom stereocenters. The number of amides is 1. The van der Waals surface area contributed by atoms with E-state index in [0.29, 0.717) is 12.3 Å². The predicted octanol–water partition coefficient (Wildman–Crippen LogP) is 4.15. The fourth-order valence-electron chi connectivity index (χ4n) is 4.06. The van der Waals surface area contributed by atoms with Crippen molar-refractivity contribution in [2.24, 2.45) is 0 Å². The van der Waals surface area contributed by atoms with E-state index in [-0.39, 0.29) is 31.5 Å². The fourth-order valence-corrected chi connectivity index (χ4v) is 4.43. The van der Waals surface area contributed by atoms with Gasteiger partial charge in [-0.15, -0.1) is 0 Å². The van der Waals surface area contributed by atoms with Crippen molar-refractivity contribution < 1.29 is 24.5 Å². The molecule has 1 aromatic heterocycles. The second-order valence-corrected chi connectivity index (χ2v) is 9.12. The Morgan fingerprint density at radius 3 is 2.69 bits per heavy atom. The van der Waals surface area contributed by atoms with Crippen molar-refractivity contribution in [3.8, 4) is 5.75 Å². The molecule has 0 bridgehead atoms. The van der Waals surface area contributed by atoms with Crippen LogP contribution in [-0.4, -0.2) is 58.2 Å². The molecule has 170 valence electrons. The Hall–Kier alpha value is -2.55. The summed E-state index contributed by atoms with van der Waals surface area (Å²) in [4.78, 5) is 18.2. The van der Waals surface area contributed by atoms with Gasteiger partial charge in [-0.05, 0) is 61.7 Å². The fraction of sp³-hybridized carbons (Fsp3) is 0.375. The van der Waals surface area contributed by atoms with E-state index < -0.39 is 6.10 Å². The van der Waals surface area contributed by atoms with Gasteiger partial charge in [0.05, 0.1) is 12.7 Å². The zero-order valence-electron chi connectivity index (χ0n) is 18.0. The van der Waals surface area contributed by atoms with Crippen LogP contribution in [-0.2, 0) is 11.2 Å². The monoisotopic (exact) mass is 502 g/mol. The first-order valence-electron chi connectivity index (χ1n) is 10.7. The third kappa shape index (κ3) is 4.62. The maximum Gasteiger partial charge on any atom is 0.410 e. The van der Waals surface area contributed by atoms with E-state index in [1.165, 1.54) is 5.56 Å². The molecule has 0 saturated heterocycles. The number of halogens is 1. The van der Waals surface area contributed by atoms with Gasteiger partial charge in [0.25, 0.3) is 0 Å². The van der Waals surface area contributed by atoms with E-state index in [0.717, 1.165) is 33.1 Å². The maximum atomic E-state index is 13.0. The molecule has 7 nitrogen and oxygen atoms in total. The van der Waals surface area contributed by atoms with Gasteiger partial charge < -0.3 is 24.7 Å². The van der Waals surface area contributed by atoms with Gasteiger partial charge in [0.2, 0.25) is 0 Å². The molecule has 1 aliphatic heterocycles. The number of benzene rings is 2. The summed E-state index contributed by atoms with van der Waals surface area (Å²) in [6.07, 6.45) is -0.753. The molecule has 8 heteroatoms. The molecule has 0 fully saturated rings. The zero-order valence-corrected chi connectivity index (χ0v) is 19.6. The summed E-state index contributed by atoms with van der Waals surface area (Å²) in [5.41, 5.74) is 4.13. The lowest BCUT2D eigenvalue weighted by atomic mass is 9.92. The average molecular weight is 503 g/mol. The van der Waals surface area contributed by atoms with E-state index >= 15 is 0 Å². The number of rotatable bonds is 6. The third-order valence-electron chi connectivity index (χ3n) is 5.51. The summed E-state index contributed by atoms with van der Waals surface area (Å²) in [7, 11) is 0. The van der Waals surface area contributed by atoms with Crippen LogP contribution in [0.3, 0.4) is 0 Å². The van der Waals surface area contributed by atoms with Crippen molar-refractivity contribution in [2.45, 2.75) is 38.5 Å². The molecule has 0 aliphatic carbocycles. The summed E-state index contributed by atoms with van der Waals surface area (Å²) in [5, 5.41) is 19.6. The molecule has 2 atom stereocenters. The number of H-pyrrole nitrogens is 1. The van der Waals surface area contributed by atoms with Gasteiger partial charge in [0.15, 0.2) is 0 Å². The normalized spacial score (nSPS) is 16.8. The molecular formula is C24H27BrN2O5. The highest BCUT2D eigenvalue weighted by molar-refractivity contribution is 9.10. The number of nitrogens with one attached hydrogen (secondary N) is 1. The van der Waals surface area contributed by atoms with E-state index in [2.05, 4.69) is 27.0 Å². The number of carbonyl (C=O) groups excluding carboxylic acids is 1. The molecule has 4 rings (SSSR count). The molecule has 3 N–H and O–H groups in total. The van der Waals surface area contributed by atoms with Crippen LogP contribution in [0, 0.1) is 0 Å².